The molecule has 0 bridgehead atoms. The molecule has 1 amide bonds. The lowest BCUT2D eigenvalue weighted by atomic mass is 10.1. The van der Waals surface area contributed by atoms with Gasteiger partial charge in [-0.25, -0.2) is 4.79 Å². The zero-order valence-electron chi connectivity index (χ0n) is 10.9. The number of nitrogens with one attached hydrogen (secondary N) is 1. The van der Waals surface area contributed by atoms with Gasteiger partial charge in [0.15, 0.2) is 6.04 Å². The van der Waals surface area contributed by atoms with Crippen LogP contribution in [0.5, 0.6) is 0 Å². The first-order chi connectivity index (χ1) is 8.95. The van der Waals surface area contributed by atoms with Crippen molar-refractivity contribution in [1.82, 2.24) is 5.32 Å². The average molecular weight is 285 g/mol. The van der Waals surface area contributed by atoms with Crippen molar-refractivity contribution in [3.05, 3.63) is 34.9 Å². The second-order valence-corrected chi connectivity index (χ2v) is 4.45. The standard InChI is InChI=1S/C13H17ClN2O3/c1-3-19-13(18)11(15)12(17)16-8(2)9-4-6-10(14)7-5-9/h4-8,11H,3,15H2,1-2H3,(H,16,17). The van der Waals surface area contributed by atoms with E-state index in [1.165, 1.54) is 0 Å². The van der Waals surface area contributed by atoms with E-state index in [2.05, 4.69) is 10.1 Å². The summed E-state index contributed by atoms with van der Waals surface area (Å²) in [5.41, 5.74) is 6.36. The summed E-state index contributed by atoms with van der Waals surface area (Å²) in [6.07, 6.45) is 0. The summed E-state index contributed by atoms with van der Waals surface area (Å²) in [6, 6.07) is 5.46. The smallest absolute Gasteiger partial charge is 0.332 e. The van der Waals surface area contributed by atoms with Gasteiger partial charge in [0.1, 0.15) is 0 Å². The minimum absolute atomic E-state index is 0.187. The van der Waals surface area contributed by atoms with Crippen molar-refractivity contribution in [3.8, 4) is 0 Å². The van der Waals surface area contributed by atoms with Gasteiger partial charge >= 0.3 is 5.97 Å². The van der Waals surface area contributed by atoms with Crippen molar-refractivity contribution in [2.75, 3.05) is 6.61 Å². The zero-order valence-corrected chi connectivity index (χ0v) is 11.6. The summed E-state index contributed by atoms with van der Waals surface area (Å²) in [5.74, 6) is -1.30. The maximum Gasteiger partial charge on any atom is 0.332 e. The first kappa shape index (κ1) is 15.5. The molecule has 1 aromatic carbocycles. The molecule has 1 aromatic rings. The number of nitrogens with two attached hydrogens (primary N) is 1. The fourth-order valence-corrected chi connectivity index (χ4v) is 1.60. The largest absolute Gasteiger partial charge is 0.464 e. The Labute approximate surface area is 117 Å². The predicted octanol–water partition coefficient (Wildman–Crippen LogP) is 1.41. The van der Waals surface area contributed by atoms with Crippen molar-refractivity contribution in [2.24, 2.45) is 5.73 Å². The Bertz CT molecular complexity index is 448. The van der Waals surface area contributed by atoms with Gasteiger partial charge in [-0.3, -0.25) is 4.79 Å². The van der Waals surface area contributed by atoms with E-state index in [0.29, 0.717) is 5.02 Å². The highest BCUT2D eigenvalue weighted by Crippen LogP contribution is 2.15. The third-order valence-corrected chi connectivity index (χ3v) is 2.80. The molecule has 19 heavy (non-hydrogen) atoms. The van der Waals surface area contributed by atoms with Gasteiger partial charge in [-0.15, -0.1) is 0 Å². The summed E-state index contributed by atoms with van der Waals surface area (Å²) < 4.78 is 4.69. The average Bonchev–Trinajstić information content (AvgIpc) is 2.38. The summed E-state index contributed by atoms with van der Waals surface area (Å²) in [6.45, 7) is 3.63. The molecular formula is C13H17ClN2O3. The fraction of sp³-hybridized carbons (Fsp3) is 0.385. The summed E-state index contributed by atoms with van der Waals surface area (Å²) in [5, 5.41) is 3.26. The lowest BCUT2D eigenvalue weighted by Crippen LogP contribution is -2.47. The molecule has 0 aliphatic rings. The van der Waals surface area contributed by atoms with E-state index >= 15 is 0 Å². The van der Waals surface area contributed by atoms with Crippen LogP contribution in [0.2, 0.25) is 5.02 Å². The van der Waals surface area contributed by atoms with Crippen LogP contribution in [-0.2, 0) is 14.3 Å². The highest BCUT2D eigenvalue weighted by atomic mass is 35.5. The molecule has 3 N–H and O–H groups in total. The fourth-order valence-electron chi connectivity index (χ4n) is 1.48. The number of ether oxygens (including phenoxy) is 1. The van der Waals surface area contributed by atoms with Crippen molar-refractivity contribution < 1.29 is 14.3 Å². The van der Waals surface area contributed by atoms with Crippen molar-refractivity contribution in [3.63, 3.8) is 0 Å². The molecule has 0 saturated heterocycles. The lowest BCUT2D eigenvalue weighted by molar-refractivity contribution is -0.148. The quantitative estimate of drug-likeness (QED) is 0.633. The maximum absolute atomic E-state index is 11.7. The third kappa shape index (κ3) is 4.54. The predicted molar refractivity (Wildman–Crippen MR) is 72.6 cm³/mol. The van der Waals surface area contributed by atoms with E-state index in [-0.39, 0.29) is 12.6 Å². The van der Waals surface area contributed by atoms with Crippen molar-refractivity contribution in [1.29, 1.82) is 0 Å². The van der Waals surface area contributed by atoms with Crippen LogP contribution in [0, 0.1) is 0 Å². The Hall–Kier alpha value is -1.59. The molecule has 0 aliphatic carbocycles. The molecule has 0 aliphatic heterocycles. The number of carbonyl (C=O) groups is 2. The molecule has 0 saturated carbocycles. The minimum atomic E-state index is -1.31. The molecule has 2 unspecified atom stereocenters. The summed E-state index contributed by atoms with van der Waals surface area (Å²) in [7, 11) is 0. The SMILES string of the molecule is CCOC(=O)C(N)C(=O)NC(C)c1ccc(Cl)cc1. The van der Waals surface area contributed by atoms with E-state index in [9.17, 15) is 9.59 Å². The number of esters is 1. The van der Waals surface area contributed by atoms with Gasteiger partial charge < -0.3 is 15.8 Å². The molecule has 104 valence electrons. The Morgan fingerprint density at radius 2 is 1.95 bits per heavy atom. The van der Waals surface area contributed by atoms with Gasteiger partial charge in [-0.05, 0) is 31.5 Å². The summed E-state index contributed by atoms with van der Waals surface area (Å²) >= 11 is 5.78. The van der Waals surface area contributed by atoms with Crippen LogP contribution in [0.25, 0.3) is 0 Å². The first-order valence-corrected chi connectivity index (χ1v) is 6.31. The van der Waals surface area contributed by atoms with E-state index in [0.717, 1.165) is 5.56 Å². The Kier molecular flexibility index (Phi) is 5.79. The van der Waals surface area contributed by atoms with Gasteiger partial charge in [0.2, 0.25) is 5.91 Å². The second kappa shape index (κ2) is 7.11. The van der Waals surface area contributed by atoms with E-state index in [1.807, 2.05) is 0 Å². The minimum Gasteiger partial charge on any atom is -0.464 e. The number of rotatable bonds is 5. The molecule has 0 spiro atoms. The molecule has 0 heterocycles. The van der Waals surface area contributed by atoms with Crippen molar-refractivity contribution in [2.45, 2.75) is 25.9 Å². The Morgan fingerprint density at radius 1 is 1.37 bits per heavy atom. The number of halogens is 1. The molecule has 0 fully saturated rings. The number of amides is 1. The van der Waals surface area contributed by atoms with Crippen LogP contribution in [0.15, 0.2) is 24.3 Å². The monoisotopic (exact) mass is 284 g/mol. The van der Waals surface area contributed by atoms with Crippen LogP contribution in [0.4, 0.5) is 0 Å². The number of benzene rings is 1. The Balaban J connectivity index is 2.61. The normalized spacial score (nSPS) is 13.5. The molecule has 5 nitrogen and oxygen atoms in total. The van der Waals surface area contributed by atoms with Crippen LogP contribution in [0.1, 0.15) is 25.5 Å². The molecule has 0 aromatic heterocycles. The van der Waals surface area contributed by atoms with Crippen LogP contribution >= 0.6 is 11.6 Å². The highest BCUT2D eigenvalue weighted by Gasteiger charge is 2.24. The molecule has 2 atom stereocenters. The van der Waals surface area contributed by atoms with Crippen molar-refractivity contribution >= 4 is 23.5 Å². The summed E-state index contributed by atoms with van der Waals surface area (Å²) in [4.78, 5) is 23.1. The zero-order chi connectivity index (χ0) is 14.4. The third-order valence-electron chi connectivity index (χ3n) is 2.55. The first-order valence-electron chi connectivity index (χ1n) is 5.93. The van der Waals surface area contributed by atoms with Crippen LogP contribution in [0.3, 0.4) is 0 Å². The molecule has 0 radical (unpaired) electrons. The lowest BCUT2D eigenvalue weighted by Gasteiger charge is -2.17. The Morgan fingerprint density at radius 3 is 2.47 bits per heavy atom. The van der Waals surface area contributed by atoms with Gasteiger partial charge in [-0.2, -0.15) is 0 Å². The van der Waals surface area contributed by atoms with Gasteiger partial charge in [0, 0.05) is 5.02 Å². The highest BCUT2D eigenvalue weighted by molar-refractivity contribution is 6.30. The topological polar surface area (TPSA) is 81.4 Å². The molecule has 6 heteroatoms. The van der Waals surface area contributed by atoms with Gasteiger partial charge in [-0.1, -0.05) is 23.7 Å². The maximum atomic E-state index is 11.7. The second-order valence-electron chi connectivity index (χ2n) is 4.01. The van der Waals surface area contributed by atoms with Gasteiger partial charge in [0.05, 0.1) is 12.6 Å². The number of carbonyl (C=O) groups excluding carboxylic acids is 2. The van der Waals surface area contributed by atoms with E-state index < -0.39 is 17.9 Å². The van der Waals surface area contributed by atoms with Gasteiger partial charge in [0.25, 0.3) is 0 Å². The van der Waals surface area contributed by atoms with Crippen LogP contribution < -0.4 is 11.1 Å². The number of hydrogen-bond donors (Lipinski definition) is 2. The van der Waals surface area contributed by atoms with E-state index in [4.69, 9.17) is 17.3 Å². The molecule has 1 rings (SSSR count). The number of hydrogen-bond acceptors (Lipinski definition) is 4. The van der Waals surface area contributed by atoms with Crippen LogP contribution in [-0.4, -0.2) is 24.5 Å². The molecular weight excluding hydrogens is 268 g/mol. The van der Waals surface area contributed by atoms with E-state index in [1.54, 1.807) is 38.1 Å².